The molecule has 1 saturated heterocycles. The van der Waals surface area contributed by atoms with E-state index in [1.165, 1.54) is 18.4 Å². The number of benzene rings is 1. The van der Waals surface area contributed by atoms with Gasteiger partial charge in [0.05, 0.1) is 11.6 Å². The second-order valence-corrected chi connectivity index (χ2v) is 7.17. The average molecular weight is 358 g/mol. The lowest BCUT2D eigenvalue weighted by Crippen LogP contribution is -2.42. The summed E-state index contributed by atoms with van der Waals surface area (Å²) in [5, 5.41) is 3.80. The molecule has 1 unspecified atom stereocenters. The molecule has 1 aliphatic heterocycles. The Labute approximate surface area is 154 Å². The SMILES string of the molecule is CC1CCN(C(CNC(=O)c2cccnc2)c2ccc(Cl)cc2)CC1. The van der Waals surface area contributed by atoms with Crippen LogP contribution in [0.25, 0.3) is 0 Å². The van der Waals surface area contributed by atoms with Crippen molar-refractivity contribution in [3.63, 3.8) is 0 Å². The zero-order valence-electron chi connectivity index (χ0n) is 14.5. The number of pyridine rings is 1. The first-order valence-electron chi connectivity index (χ1n) is 8.81. The topological polar surface area (TPSA) is 45.2 Å². The smallest absolute Gasteiger partial charge is 0.252 e. The van der Waals surface area contributed by atoms with Crippen molar-refractivity contribution in [1.29, 1.82) is 0 Å². The van der Waals surface area contributed by atoms with E-state index in [4.69, 9.17) is 11.6 Å². The first-order chi connectivity index (χ1) is 12.1. The Hall–Kier alpha value is -1.91. The molecule has 0 bridgehead atoms. The van der Waals surface area contributed by atoms with Crippen LogP contribution in [0, 0.1) is 5.92 Å². The molecule has 2 heterocycles. The van der Waals surface area contributed by atoms with Gasteiger partial charge >= 0.3 is 0 Å². The Morgan fingerprint density at radius 3 is 2.64 bits per heavy atom. The van der Waals surface area contributed by atoms with Gasteiger partial charge in [-0.15, -0.1) is 0 Å². The maximum Gasteiger partial charge on any atom is 0.252 e. The third-order valence-electron chi connectivity index (χ3n) is 4.89. The van der Waals surface area contributed by atoms with Gasteiger partial charge in [-0.05, 0) is 61.7 Å². The van der Waals surface area contributed by atoms with Crippen molar-refractivity contribution in [3.8, 4) is 0 Å². The third kappa shape index (κ3) is 4.80. The molecule has 5 heteroatoms. The molecule has 0 saturated carbocycles. The zero-order chi connectivity index (χ0) is 17.6. The van der Waals surface area contributed by atoms with Crippen LogP contribution in [0.3, 0.4) is 0 Å². The van der Waals surface area contributed by atoms with E-state index in [1.807, 2.05) is 12.1 Å². The molecular formula is C20H24ClN3O. The summed E-state index contributed by atoms with van der Waals surface area (Å²) in [5.41, 5.74) is 1.77. The summed E-state index contributed by atoms with van der Waals surface area (Å²) in [6.45, 7) is 4.98. The van der Waals surface area contributed by atoms with Gasteiger partial charge in [-0.1, -0.05) is 30.7 Å². The number of carbonyl (C=O) groups is 1. The highest BCUT2D eigenvalue weighted by molar-refractivity contribution is 6.30. The first-order valence-corrected chi connectivity index (χ1v) is 9.19. The van der Waals surface area contributed by atoms with Crippen LogP contribution < -0.4 is 5.32 Å². The largest absolute Gasteiger partial charge is 0.350 e. The molecule has 1 aromatic carbocycles. The van der Waals surface area contributed by atoms with Crippen LogP contribution >= 0.6 is 11.6 Å². The fourth-order valence-corrected chi connectivity index (χ4v) is 3.40. The highest BCUT2D eigenvalue weighted by Gasteiger charge is 2.25. The lowest BCUT2D eigenvalue weighted by Gasteiger charge is -2.37. The van der Waals surface area contributed by atoms with Gasteiger partial charge in [-0.25, -0.2) is 0 Å². The molecule has 0 radical (unpaired) electrons. The highest BCUT2D eigenvalue weighted by atomic mass is 35.5. The number of rotatable bonds is 5. The number of aromatic nitrogens is 1. The van der Waals surface area contributed by atoms with Crippen molar-refractivity contribution in [1.82, 2.24) is 15.2 Å². The van der Waals surface area contributed by atoms with Crippen molar-refractivity contribution in [3.05, 3.63) is 64.9 Å². The van der Waals surface area contributed by atoms with E-state index >= 15 is 0 Å². The van der Waals surface area contributed by atoms with Gasteiger partial charge < -0.3 is 5.32 Å². The van der Waals surface area contributed by atoms with Crippen LogP contribution in [-0.4, -0.2) is 35.4 Å². The van der Waals surface area contributed by atoms with Crippen LogP contribution in [0.2, 0.25) is 5.02 Å². The summed E-state index contributed by atoms with van der Waals surface area (Å²) in [5.74, 6) is 0.685. The standard InChI is InChI=1S/C20H24ClN3O/c1-15-8-11-24(12-9-15)19(16-4-6-18(21)7-5-16)14-23-20(25)17-3-2-10-22-13-17/h2-7,10,13,15,19H,8-9,11-12,14H2,1H3,(H,23,25). The molecule has 132 valence electrons. The quantitative estimate of drug-likeness (QED) is 0.881. The van der Waals surface area contributed by atoms with Crippen LogP contribution in [-0.2, 0) is 0 Å². The fourth-order valence-electron chi connectivity index (χ4n) is 3.27. The van der Waals surface area contributed by atoms with Gasteiger partial charge in [0.25, 0.3) is 5.91 Å². The second kappa shape index (κ2) is 8.45. The molecule has 1 fully saturated rings. The fraction of sp³-hybridized carbons (Fsp3) is 0.400. The Morgan fingerprint density at radius 1 is 1.28 bits per heavy atom. The monoisotopic (exact) mass is 357 g/mol. The Bertz CT molecular complexity index is 682. The minimum Gasteiger partial charge on any atom is -0.350 e. The molecule has 1 aliphatic rings. The van der Waals surface area contributed by atoms with Crippen LogP contribution in [0.15, 0.2) is 48.8 Å². The average Bonchev–Trinajstić information content (AvgIpc) is 2.65. The number of amides is 1. The molecular weight excluding hydrogens is 334 g/mol. The molecule has 1 aromatic heterocycles. The van der Waals surface area contributed by atoms with E-state index in [2.05, 4.69) is 34.3 Å². The summed E-state index contributed by atoms with van der Waals surface area (Å²) in [6.07, 6.45) is 5.65. The number of hydrogen-bond acceptors (Lipinski definition) is 3. The lowest BCUT2D eigenvalue weighted by molar-refractivity contribution is 0.0912. The predicted octanol–water partition coefficient (Wildman–Crippen LogP) is 3.94. The van der Waals surface area contributed by atoms with Crippen molar-refractivity contribution in [2.75, 3.05) is 19.6 Å². The number of carbonyl (C=O) groups excluding carboxylic acids is 1. The van der Waals surface area contributed by atoms with E-state index in [9.17, 15) is 4.79 Å². The predicted molar refractivity (Wildman–Crippen MR) is 101 cm³/mol. The first kappa shape index (κ1) is 17.9. The zero-order valence-corrected chi connectivity index (χ0v) is 15.2. The molecule has 4 nitrogen and oxygen atoms in total. The van der Waals surface area contributed by atoms with Gasteiger partial charge in [0.15, 0.2) is 0 Å². The lowest BCUT2D eigenvalue weighted by atomic mass is 9.95. The van der Waals surface area contributed by atoms with E-state index in [0.717, 1.165) is 24.0 Å². The van der Waals surface area contributed by atoms with Gasteiger partial charge in [0.2, 0.25) is 0 Å². The van der Waals surface area contributed by atoms with E-state index < -0.39 is 0 Å². The number of nitrogens with one attached hydrogen (secondary N) is 1. The Balaban J connectivity index is 1.72. The molecule has 0 spiro atoms. The molecule has 1 amide bonds. The maximum absolute atomic E-state index is 12.4. The van der Waals surface area contributed by atoms with E-state index in [1.54, 1.807) is 24.5 Å². The van der Waals surface area contributed by atoms with Crippen LogP contribution in [0.4, 0.5) is 0 Å². The molecule has 3 rings (SSSR count). The Kier molecular flexibility index (Phi) is 6.05. The van der Waals surface area contributed by atoms with Gasteiger partial charge in [0, 0.05) is 24.0 Å². The van der Waals surface area contributed by atoms with E-state index in [0.29, 0.717) is 12.1 Å². The van der Waals surface area contributed by atoms with Gasteiger partial charge in [-0.3, -0.25) is 14.7 Å². The van der Waals surface area contributed by atoms with Gasteiger partial charge in [0.1, 0.15) is 0 Å². The summed E-state index contributed by atoms with van der Waals surface area (Å²) >= 11 is 6.04. The van der Waals surface area contributed by atoms with Crippen LogP contribution in [0.1, 0.15) is 41.7 Å². The van der Waals surface area contributed by atoms with Crippen molar-refractivity contribution < 1.29 is 4.79 Å². The molecule has 1 atom stereocenters. The minimum atomic E-state index is -0.0857. The van der Waals surface area contributed by atoms with Crippen molar-refractivity contribution in [2.45, 2.75) is 25.8 Å². The summed E-state index contributed by atoms with van der Waals surface area (Å²) in [7, 11) is 0. The van der Waals surface area contributed by atoms with Crippen molar-refractivity contribution in [2.24, 2.45) is 5.92 Å². The van der Waals surface area contributed by atoms with Crippen molar-refractivity contribution >= 4 is 17.5 Å². The second-order valence-electron chi connectivity index (χ2n) is 6.74. The number of nitrogens with zero attached hydrogens (tertiary/aromatic N) is 2. The third-order valence-corrected chi connectivity index (χ3v) is 5.15. The van der Waals surface area contributed by atoms with E-state index in [-0.39, 0.29) is 11.9 Å². The Morgan fingerprint density at radius 2 is 2.00 bits per heavy atom. The number of piperidine rings is 1. The molecule has 25 heavy (non-hydrogen) atoms. The van der Waals surface area contributed by atoms with Crippen LogP contribution in [0.5, 0.6) is 0 Å². The number of likely N-dealkylation sites (tertiary alicyclic amines) is 1. The summed E-state index contributed by atoms with van der Waals surface area (Å²) < 4.78 is 0. The normalized spacial score (nSPS) is 17.2. The molecule has 0 aliphatic carbocycles. The maximum atomic E-state index is 12.4. The summed E-state index contributed by atoms with van der Waals surface area (Å²) in [6, 6.07) is 11.7. The molecule has 2 aromatic rings. The molecule has 1 N–H and O–H groups in total. The van der Waals surface area contributed by atoms with Gasteiger partial charge in [-0.2, -0.15) is 0 Å². The summed E-state index contributed by atoms with van der Waals surface area (Å²) in [4.78, 5) is 18.9. The highest BCUT2D eigenvalue weighted by Crippen LogP contribution is 2.27. The number of hydrogen-bond donors (Lipinski definition) is 1. The number of halogens is 1. The minimum absolute atomic E-state index is 0.0857.